The number of carbonyl (C=O) groups excluding carboxylic acids is 1. The Morgan fingerprint density at radius 3 is 2.73 bits per heavy atom. The first-order valence-electron chi connectivity index (χ1n) is 6.66. The molecule has 0 bridgehead atoms. The van der Waals surface area contributed by atoms with E-state index >= 15 is 0 Å². The van der Waals surface area contributed by atoms with Crippen LogP contribution in [0.2, 0.25) is 5.02 Å². The number of methoxy groups -OCH3 is 1. The van der Waals surface area contributed by atoms with Gasteiger partial charge in [0.25, 0.3) is 5.91 Å². The first kappa shape index (κ1) is 16.0. The molecule has 0 aliphatic heterocycles. The first-order chi connectivity index (χ1) is 10.5. The summed E-state index contributed by atoms with van der Waals surface area (Å²) in [6.07, 6.45) is -0.703. The Morgan fingerprint density at radius 2 is 2.05 bits per heavy atom. The lowest BCUT2D eigenvalue weighted by Crippen LogP contribution is -2.30. The standard InChI is InChI=1S/C16H17ClN2O3/c1-10(22-13-5-3-4-12(18)9-13)16(20)19-14-8-11(17)6-7-15(14)21-2/h3-10H,18H2,1-2H3,(H,19,20). The molecule has 0 spiro atoms. The molecule has 0 aromatic heterocycles. The summed E-state index contributed by atoms with van der Waals surface area (Å²) in [6.45, 7) is 1.65. The fraction of sp³-hybridized carbons (Fsp3) is 0.188. The van der Waals surface area contributed by atoms with Crippen molar-refractivity contribution in [3.63, 3.8) is 0 Å². The molecule has 0 radical (unpaired) electrons. The molecule has 2 aromatic carbocycles. The van der Waals surface area contributed by atoms with Crippen molar-refractivity contribution in [2.75, 3.05) is 18.2 Å². The minimum atomic E-state index is -0.703. The molecule has 116 valence electrons. The normalized spacial score (nSPS) is 11.6. The van der Waals surface area contributed by atoms with Gasteiger partial charge >= 0.3 is 0 Å². The molecule has 1 unspecified atom stereocenters. The minimum absolute atomic E-state index is 0.317. The van der Waals surface area contributed by atoms with Crippen molar-refractivity contribution in [1.29, 1.82) is 0 Å². The lowest BCUT2D eigenvalue weighted by Gasteiger charge is -2.16. The zero-order valence-electron chi connectivity index (χ0n) is 12.3. The number of ether oxygens (including phenoxy) is 2. The van der Waals surface area contributed by atoms with E-state index in [1.807, 2.05) is 0 Å². The van der Waals surface area contributed by atoms with Crippen LogP contribution in [0.1, 0.15) is 6.92 Å². The van der Waals surface area contributed by atoms with Crippen LogP contribution in [0.4, 0.5) is 11.4 Å². The molecule has 2 rings (SSSR count). The number of hydrogen-bond donors (Lipinski definition) is 2. The number of nitrogens with one attached hydrogen (secondary N) is 1. The number of anilines is 2. The highest BCUT2D eigenvalue weighted by Gasteiger charge is 2.17. The van der Waals surface area contributed by atoms with Crippen LogP contribution >= 0.6 is 11.6 Å². The van der Waals surface area contributed by atoms with Gasteiger partial charge in [0.15, 0.2) is 6.10 Å². The number of amides is 1. The van der Waals surface area contributed by atoms with E-state index in [0.29, 0.717) is 27.9 Å². The molecule has 0 fully saturated rings. The van der Waals surface area contributed by atoms with Crippen LogP contribution in [-0.4, -0.2) is 19.1 Å². The molecule has 3 N–H and O–H groups in total. The highest BCUT2D eigenvalue weighted by Crippen LogP contribution is 2.28. The van der Waals surface area contributed by atoms with Crippen molar-refractivity contribution in [2.45, 2.75) is 13.0 Å². The number of halogens is 1. The van der Waals surface area contributed by atoms with Crippen molar-refractivity contribution in [1.82, 2.24) is 0 Å². The average Bonchev–Trinajstić information content (AvgIpc) is 2.47. The molecule has 1 amide bonds. The van der Waals surface area contributed by atoms with Gasteiger partial charge in [-0.3, -0.25) is 4.79 Å². The SMILES string of the molecule is COc1ccc(Cl)cc1NC(=O)C(C)Oc1cccc(N)c1. The number of rotatable bonds is 5. The smallest absolute Gasteiger partial charge is 0.265 e. The van der Waals surface area contributed by atoms with E-state index in [4.69, 9.17) is 26.8 Å². The Labute approximate surface area is 134 Å². The summed E-state index contributed by atoms with van der Waals surface area (Å²) in [5.41, 5.74) is 6.74. The van der Waals surface area contributed by atoms with Gasteiger partial charge in [-0.05, 0) is 37.3 Å². The second-order valence-electron chi connectivity index (χ2n) is 4.67. The van der Waals surface area contributed by atoms with Gasteiger partial charge in [-0.25, -0.2) is 0 Å². The third-order valence-electron chi connectivity index (χ3n) is 2.96. The predicted molar refractivity (Wildman–Crippen MR) is 87.6 cm³/mol. The fourth-order valence-electron chi connectivity index (χ4n) is 1.86. The van der Waals surface area contributed by atoms with E-state index in [2.05, 4.69) is 5.32 Å². The zero-order chi connectivity index (χ0) is 16.1. The molecule has 6 heteroatoms. The van der Waals surface area contributed by atoms with Gasteiger partial charge in [-0.15, -0.1) is 0 Å². The summed E-state index contributed by atoms with van der Waals surface area (Å²) in [5.74, 6) is 0.734. The number of benzene rings is 2. The monoisotopic (exact) mass is 320 g/mol. The Bertz CT molecular complexity index is 676. The molecule has 2 aromatic rings. The van der Waals surface area contributed by atoms with Gasteiger partial charge in [0.1, 0.15) is 11.5 Å². The van der Waals surface area contributed by atoms with Crippen LogP contribution in [0.5, 0.6) is 11.5 Å². The summed E-state index contributed by atoms with van der Waals surface area (Å²) in [5, 5.41) is 3.23. The van der Waals surface area contributed by atoms with Gasteiger partial charge in [0.2, 0.25) is 0 Å². The van der Waals surface area contributed by atoms with Crippen LogP contribution in [0, 0.1) is 0 Å². The molecule has 0 aliphatic rings. The molecular formula is C16H17ClN2O3. The van der Waals surface area contributed by atoms with Crippen LogP contribution < -0.4 is 20.5 Å². The highest BCUT2D eigenvalue weighted by atomic mass is 35.5. The second kappa shape index (κ2) is 7.04. The Hall–Kier alpha value is -2.40. The molecular weight excluding hydrogens is 304 g/mol. The van der Waals surface area contributed by atoms with E-state index in [1.165, 1.54) is 7.11 Å². The topological polar surface area (TPSA) is 73.6 Å². The molecule has 5 nitrogen and oxygen atoms in total. The molecule has 0 heterocycles. The van der Waals surface area contributed by atoms with E-state index < -0.39 is 6.10 Å². The number of hydrogen-bond acceptors (Lipinski definition) is 4. The van der Waals surface area contributed by atoms with E-state index in [9.17, 15) is 4.79 Å². The maximum absolute atomic E-state index is 12.2. The van der Waals surface area contributed by atoms with E-state index in [1.54, 1.807) is 49.4 Å². The molecule has 22 heavy (non-hydrogen) atoms. The predicted octanol–water partition coefficient (Wildman–Crippen LogP) is 3.34. The third-order valence-corrected chi connectivity index (χ3v) is 3.19. The molecule has 1 atom stereocenters. The zero-order valence-corrected chi connectivity index (χ0v) is 13.1. The number of nitrogen functional groups attached to an aromatic ring is 1. The van der Waals surface area contributed by atoms with Crippen molar-refractivity contribution in [2.24, 2.45) is 0 Å². The van der Waals surface area contributed by atoms with Gasteiger partial charge in [0, 0.05) is 16.8 Å². The van der Waals surface area contributed by atoms with Crippen LogP contribution in [0.15, 0.2) is 42.5 Å². The molecule has 0 saturated carbocycles. The van der Waals surface area contributed by atoms with Crippen molar-refractivity contribution in [3.05, 3.63) is 47.5 Å². The van der Waals surface area contributed by atoms with Gasteiger partial charge in [-0.2, -0.15) is 0 Å². The first-order valence-corrected chi connectivity index (χ1v) is 7.04. The summed E-state index contributed by atoms with van der Waals surface area (Å²) in [7, 11) is 1.52. The fourth-order valence-corrected chi connectivity index (χ4v) is 2.03. The summed E-state index contributed by atoms with van der Waals surface area (Å²) in [6, 6.07) is 11.9. The lowest BCUT2D eigenvalue weighted by molar-refractivity contribution is -0.122. The Balaban J connectivity index is 2.07. The molecule has 0 aliphatic carbocycles. The second-order valence-corrected chi connectivity index (χ2v) is 5.10. The largest absolute Gasteiger partial charge is 0.495 e. The Morgan fingerprint density at radius 1 is 1.27 bits per heavy atom. The van der Waals surface area contributed by atoms with Crippen molar-refractivity contribution in [3.8, 4) is 11.5 Å². The van der Waals surface area contributed by atoms with E-state index in [0.717, 1.165) is 0 Å². The van der Waals surface area contributed by atoms with Crippen molar-refractivity contribution < 1.29 is 14.3 Å². The number of carbonyl (C=O) groups is 1. The molecule has 0 saturated heterocycles. The quantitative estimate of drug-likeness (QED) is 0.829. The minimum Gasteiger partial charge on any atom is -0.495 e. The summed E-state index contributed by atoms with van der Waals surface area (Å²) in [4.78, 5) is 12.2. The summed E-state index contributed by atoms with van der Waals surface area (Å²) >= 11 is 5.93. The maximum atomic E-state index is 12.2. The summed E-state index contributed by atoms with van der Waals surface area (Å²) < 4.78 is 10.8. The number of nitrogens with two attached hydrogens (primary N) is 1. The lowest BCUT2D eigenvalue weighted by atomic mass is 10.2. The van der Waals surface area contributed by atoms with Crippen LogP contribution in [-0.2, 0) is 4.79 Å². The maximum Gasteiger partial charge on any atom is 0.265 e. The third kappa shape index (κ3) is 4.05. The van der Waals surface area contributed by atoms with Gasteiger partial charge in [-0.1, -0.05) is 17.7 Å². The average molecular weight is 321 g/mol. The highest BCUT2D eigenvalue weighted by molar-refractivity contribution is 6.31. The Kier molecular flexibility index (Phi) is 5.12. The van der Waals surface area contributed by atoms with Gasteiger partial charge < -0.3 is 20.5 Å². The van der Waals surface area contributed by atoms with Crippen LogP contribution in [0.25, 0.3) is 0 Å². The van der Waals surface area contributed by atoms with Crippen LogP contribution in [0.3, 0.4) is 0 Å². The van der Waals surface area contributed by atoms with Gasteiger partial charge in [0.05, 0.1) is 12.8 Å². The van der Waals surface area contributed by atoms with Crippen molar-refractivity contribution >= 4 is 28.9 Å². The van der Waals surface area contributed by atoms with E-state index in [-0.39, 0.29) is 5.91 Å².